The number of aliphatic hydroxyl groups excluding tert-OH is 1. The molecule has 0 spiro atoms. The van der Waals surface area contributed by atoms with Gasteiger partial charge in [-0.15, -0.1) is 12.3 Å². The lowest BCUT2D eigenvalue weighted by atomic mass is 10.1. The lowest BCUT2D eigenvalue weighted by Crippen LogP contribution is -2.42. The molecule has 3 heteroatoms. The highest BCUT2D eigenvalue weighted by Gasteiger charge is 2.37. The molecule has 116 valence electrons. The lowest BCUT2D eigenvalue weighted by molar-refractivity contribution is 0.127. The second-order valence-corrected chi connectivity index (χ2v) is 11.8. The van der Waals surface area contributed by atoms with E-state index in [4.69, 9.17) is 4.43 Å². The molecule has 0 rings (SSSR count). The Bertz CT molecular complexity index is 382. The van der Waals surface area contributed by atoms with Crippen molar-refractivity contribution in [3.8, 4) is 0 Å². The summed E-state index contributed by atoms with van der Waals surface area (Å²) >= 11 is 0. The standard InChI is InChI=1S/C17H32O2Si/c1-9-10-11-14(2)12-15(3)16(18)13-19-20(7,8)17(4,5)6/h9,16,18H,1,10-11,13H2,2-8H3/t12?,16-/m1/s1. The van der Waals surface area contributed by atoms with Crippen LogP contribution in [-0.2, 0) is 4.43 Å². The zero-order valence-corrected chi connectivity index (χ0v) is 15.3. The quantitative estimate of drug-likeness (QED) is 0.414. The van der Waals surface area contributed by atoms with Gasteiger partial charge in [-0.1, -0.05) is 26.8 Å². The van der Waals surface area contributed by atoms with Crippen molar-refractivity contribution >= 4 is 8.32 Å². The van der Waals surface area contributed by atoms with Crippen LogP contribution in [-0.4, -0.2) is 26.1 Å². The molecule has 0 heterocycles. The van der Waals surface area contributed by atoms with Gasteiger partial charge in [0.1, 0.15) is 6.10 Å². The molecule has 0 radical (unpaired) electrons. The van der Waals surface area contributed by atoms with Crippen molar-refractivity contribution in [2.24, 2.45) is 0 Å². The lowest BCUT2D eigenvalue weighted by Gasteiger charge is -2.36. The van der Waals surface area contributed by atoms with Gasteiger partial charge in [0.05, 0.1) is 6.61 Å². The first-order chi connectivity index (χ1) is 9.01. The SMILES string of the molecule is C=CCCC(C)=C=C(C)[C@H](O)CO[Si](C)(C)C(C)(C)C. The predicted octanol–water partition coefficient (Wildman–Crippen LogP) is 4.83. The third-order valence-electron chi connectivity index (χ3n) is 4.04. The van der Waals surface area contributed by atoms with Crippen molar-refractivity contribution in [1.82, 2.24) is 0 Å². The van der Waals surface area contributed by atoms with Crippen LogP contribution in [0.1, 0.15) is 47.5 Å². The fourth-order valence-corrected chi connectivity index (χ4v) is 2.44. The molecular formula is C17H32O2Si. The van der Waals surface area contributed by atoms with Crippen LogP contribution in [0.25, 0.3) is 0 Å². The number of hydrogen-bond donors (Lipinski definition) is 1. The van der Waals surface area contributed by atoms with Crippen LogP contribution < -0.4 is 0 Å². The van der Waals surface area contributed by atoms with Gasteiger partial charge < -0.3 is 9.53 Å². The Morgan fingerprint density at radius 2 is 1.90 bits per heavy atom. The predicted molar refractivity (Wildman–Crippen MR) is 90.5 cm³/mol. The first kappa shape index (κ1) is 19.4. The highest BCUT2D eigenvalue weighted by molar-refractivity contribution is 6.74. The fourth-order valence-electron chi connectivity index (χ4n) is 1.43. The summed E-state index contributed by atoms with van der Waals surface area (Å²) in [4.78, 5) is 0. The Kier molecular flexibility index (Phi) is 7.75. The summed E-state index contributed by atoms with van der Waals surface area (Å²) in [5, 5.41) is 10.4. The van der Waals surface area contributed by atoms with Crippen molar-refractivity contribution < 1.29 is 9.53 Å². The van der Waals surface area contributed by atoms with E-state index in [9.17, 15) is 5.11 Å². The normalized spacial score (nSPS) is 13.6. The summed E-state index contributed by atoms with van der Waals surface area (Å²) in [6.07, 6.45) is 3.22. The zero-order valence-electron chi connectivity index (χ0n) is 14.3. The maximum atomic E-state index is 10.2. The Labute approximate surface area is 126 Å². The van der Waals surface area contributed by atoms with Crippen LogP contribution in [0.2, 0.25) is 18.1 Å². The van der Waals surface area contributed by atoms with Gasteiger partial charge in [0.25, 0.3) is 0 Å². The molecule has 1 N–H and O–H groups in total. The summed E-state index contributed by atoms with van der Waals surface area (Å²) in [5.74, 6) is 0. The maximum absolute atomic E-state index is 10.2. The van der Waals surface area contributed by atoms with Gasteiger partial charge in [-0.25, -0.2) is 0 Å². The topological polar surface area (TPSA) is 29.5 Å². The highest BCUT2D eigenvalue weighted by atomic mass is 28.4. The Morgan fingerprint density at radius 1 is 1.35 bits per heavy atom. The molecule has 0 aliphatic carbocycles. The minimum Gasteiger partial charge on any atom is -0.414 e. The van der Waals surface area contributed by atoms with Crippen molar-refractivity contribution in [1.29, 1.82) is 0 Å². The molecule has 1 atom stereocenters. The van der Waals surface area contributed by atoms with E-state index >= 15 is 0 Å². The first-order valence-corrected chi connectivity index (χ1v) is 10.3. The third kappa shape index (κ3) is 6.71. The molecule has 0 fully saturated rings. The molecule has 0 aliphatic rings. The van der Waals surface area contributed by atoms with Gasteiger partial charge in [0.2, 0.25) is 0 Å². The van der Waals surface area contributed by atoms with Gasteiger partial charge in [0, 0.05) is 0 Å². The minimum atomic E-state index is -1.80. The van der Waals surface area contributed by atoms with Gasteiger partial charge in [0.15, 0.2) is 8.32 Å². The van der Waals surface area contributed by atoms with Crippen molar-refractivity contribution in [3.05, 3.63) is 29.5 Å². The van der Waals surface area contributed by atoms with E-state index < -0.39 is 14.4 Å². The Balaban J connectivity index is 4.66. The smallest absolute Gasteiger partial charge is 0.192 e. The minimum absolute atomic E-state index is 0.167. The van der Waals surface area contributed by atoms with Crippen molar-refractivity contribution in [2.75, 3.05) is 6.61 Å². The highest BCUT2D eigenvalue weighted by Crippen LogP contribution is 2.36. The number of hydrogen-bond acceptors (Lipinski definition) is 2. The number of aliphatic hydroxyl groups is 1. The molecule has 0 bridgehead atoms. The summed E-state index contributed by atoms with van der Waals surface area (Å²) in [6.45, 7) is 19.0. The van der Waals surface area contributed by atoms with E-state index in [-0.39, 0.29) is 5.04 Å². The number of rotatable bonds is 7. The van der Waals surface area contributed by atoms with Crippen molar-refractivity contribution in [2.45, 2.75) is 71.7 Å². The van der Waals surface area contributed by atoms with E-state index in [1.54, 1.807) is 0 Å². The monoisotopic (exact) mass is 296 g/mol. The molecule has 2 nitrogen and oxygen atoms in total. The van der Waals surface area contributed by atoms with Gasteiger partial charge in [-0.3, -0.25) is 0 Å². The van der Waals surface area contributed by atoms with Gasteiger partial charge in [-0.05, 0) is 56.0 Å². The summed E-state index contributed by atoms with van der Waals surface area (Å²) in [7, 11) is -1.80. The summed E-state index contributed by atoms with van der Waals surface area (Å²) in [6, 6.07) is 0. The Hall–Kier alpha value is -0.603. The fraction of sp³-hybridized carbons (Fsp3) is 0.706. The average Bonchev–Trinajstić information content (AvgIpc) is 2.31. The number of allylic oxidation sites excluding steroid dienone is 1. The molecule has 0 aromatic heterocycles. The van der Waals surface area contributed by atoms with E-state index in [0.29, 0.717) is 6.61 Å². The maximum Gasteiger partial charge on any atom is 0.192 e. The molecule has 0 aliphatic heterocycles. The van der Waals surface area contributed by atoms with E-state index in [1.165, 1.54) is 0 Å². The van der Waals surface area contributed by atoms with E-state index in [1.807, 2.05) is 19.9 Å². The third-order valence-corrected chi connectivity index (χ3v) is 8.54. The largest absolute Gasteiger partial charge is 0.414 e. The molecular weight excluding hydrogens is 264 g/mol. The van der Waals surface area contributed by atoms with Crippen LogP contribution in [0.3, 0.4) is 0 Å². The van der Waals surface area contributed by atoms with Gasteiger partial charge in [-0.2, -0.15) is 0 Å². The molecule has 0 unspecified atom stereocenters. The van der Waals surface area contributed by atoms with Crippen LogP contribution in [0, 0.1) is 0 Å². The van der Waals surface area contributed by atoms with E-state index in [2.05, 4.69) is 46.2 Å². The molecule has 0 aromatic carbocycles. The second-order valence-electron chi connectivity index (χ2n) is 7.00. The molecule has 0 saturated heterocycles. The van der Waals surface area contributed by atoms with Crippen LogP contribution in [0.4, 0.5) is 0 Å². The van der Waals surface area contributed by atoms with E-state index in [0.717, 1.165) is 24.0 Å². The molecule has 20 heavy (non-hydrogen) atoms. The van der Waals surface area contributed by atoms with Crippen LogP contribution >= 0.6 is 0 Å². The molecule has 0 saturated carbocycles. The van der Waals surface area contributed by atoms with Gasteiger partial charge >= 0.3 is 0 Å². The average molecular weight is 297 g/mol. The van der Waals surface area contributed by atoms with Crippen LogP contribution in [0.5, 0.6) is 0 Å². The summed E-state index contributed by atoms with van der Waals surface area (Å²) in [5.41, 5.74) is 5.26. The molecule has 0 aromatic rings. The Morgan fingerprint density at radius 3 is 2.35 bits per heavy atom. The second kappa shape index (κ2) is 7.99. The van der Waals surface area contributed by atoms with Crippen molar-refractivity contribution in [3.63, 3.8) is 0 Å². The zero-order chi connectivity index (χ0) is 16.0. The molecule has 0 amide bonds. The first-order valence-electron chi connectivity index (χ1n) is 7.37. The summed E-state index contributed by atoms with van der Waals surface area (Å²) < 4.78 is 6.04. The van der Waals surface area contributed by atoms with Crippen LogP contribution in [0.15, 0.2) is 29.5 Å².